The van der Waals surface area contributed by atoms with Crippen LogP contribution in [-0.2, 0) is 22.6 Å². The maximum atomic E-state index is 13.2. The van der Waals surface area contributed by atoms with E-state index in [0.29, 0.717) is 6.54 Å². The Morgan fingerprint density at radius 1 is 1.00 bits per heavy atom. The first kappa shape index (κ1) is 22.5. The number of hydrogen-bond acceptors (Lipinski definition) is 3. The van der Waals surface area contributed by atoms with E-state index in [0.717, 1.165) is 28.9 Å². The molecule has 2 amide bonds. The highest BCUT2D eigenvalue weighted by atomic mass is 16.5. The summed E-state index contributed by atoms with van der Waals surface area (Å²) in [7, 11) is 1.61. The number of amides is 2. The Bertz CT molecular complexity index is 800. The number of nitrogens with zero attached hydrogens (tertiary/aromatic N) is 1. The van der Waals surface area contributed by atoms with Crippen LogP contribution in [0.15, 0.2) is 48.5 Å². The largest absolute Gasteiger partial charge is 0.497 e. The predicted octanol–water partition coefficient (Wildman–Crippen LogP) is 3.88. The van der Waals surface area contributed by atoms with Gasteiger partial charge in [0.15, 0.2) is 0 Å². The number of nitrogens with one attached hydrogen (secondary N) is 1. The van der Waals surface area contributed by atoms with E-state index in [4.69, 9.17) is 4.74 Å². The molecule has 0 saturated carbocycles. The summed E-state index contributed by atoms with van der Waals surface area (Å²) in [4.78, 5) is 27.5. The second kappa shape index (κ2) is 10.6. The number of rotatable bonds is 9. The minimum absolute atomic E-state index is 0.0721. The lowest BCUT2D eigenvalue weighted by Gasteiger charge is -2.30. The summed E-state index contributed by atoms with van der Waals surface area (Å²) in [6.45, 7) is 8.20. The predicted molar refractivity (Wildman–Crippen MR) is 116 cm³/mol. The van der Waals surface area contributed by atoms with E-state index in [1.54, 1.807) is 18.9 Å². The molecular weight excluding hydrogens is 364 g/mol. The van der Waals surface area contributed by atoms with Gasteiger partial charge < -0.3 is 15.0 Å². The monoisotopic (exact) mass is 396 g/mol. The lowest BCUT2D eigenvalue weighted by Crippen LogP contribution is -2.49. The van der Waals surface area contributed by atoms with E-state index >= 15 is 0 Å². The van der Waals surface area contributed by atoms with Crippen molar-refractivity contribution in [1.29, 1.82) is 0 Å². The van der Waals surface area contributed by atoms with Gasteiger partial charge in [0, 0.05) is 12.6 Å². The Kier molecular flexibility index (Phi) is 8.25. The molecule has 0 fully saturated rings. The number of benzene rings is 2. The lowest BCUT2D eigenvalue weighted by molar-refractivity contribution is -0.140. The van der Waals surface area contributed by atoms with Gasteiger partial charge in [-0.3, -0.25) is 9.59 Å². The van der Waals surface area contributed by atoms with Gasteiger partial charge in [0.1, 0.15) is 11.8 Å². The number of hydrogen-bond donors (Lipinski definition) is 1. The van der Waals surface area contributed by atoms with Crippen molar-refractivity contribution in [2.45, 2.75) is 59.2 Å². The number of ether oxygens (including phenoxy) is 1. The zero-order chi connectivity index (χ0) is 21.4. The van der Waals surface area contributed by atoms with Gasteiger partial charge >= 0.3 is 0 Å². The van der Waals surface area contributed by atoms with Gasteiger partial charge in [-0.25, -0.2) is 0 Å². The molecule has 0 aliphatic heterocycles. The number of aryl methyl sites for hydroxylation is 1. The van der Waals surface area contributed by atoms with Crippen molar-refractivity contribution < 1.29 is 14.3 Å². The van der Waals surface area contributed by atoms with Crippen molar-refractivity contribution in [1.82, 2.24) is 10.2 Å². The molecule has 2 aromatic rings. The van der Waals surface area contributed by atoms with Gasteiger partial charge in [0.25, 0.3) is 0 Å². The van der Waals surface area contributed by atoms with Crippen molar-refractivity contribution in [3.05, 3.63) is 65.2 Å². The summed E-state index contributed by atoms with van der Waals surface area (Å²) in [5.74, 6) is 0.538. The van der Waals surface area contributed by atoms with Crippen LogP contribution < -0.4 is 10.1 Å². The van der Waals surface area contributed by atoms with E-state index in [2.05, 4.69) is 5.32 Å². The Morgan fingerprint density at radius 3 is 2.14 bits per heavy atom. The average Bonchev–Trinajstić information content (AvgIpc) is 2.73. The maximum absolute atomic E-state index is 13.2. The average molecular weight is 397 g/mol. The standard InChI is InChI=1S/C24H32N2O3/c1-6-18(3)25-24(28)19(4)26(16-21-9-7-17(2)8-10-21)23(27)15-20-11-13-22(29-5)14-12-20/h7-14,18-19H,6,15-16H2,1-5H3,(H,25,28)/t18-,19+/m0/s1. The number of carbonyl (C=O) groups excluding carboxylic acids is 2. The topological polar surface area (TPSA) is 58.6 Å². The van der Waals surface area contributed by atoms with Crippen LogP contribution in [0, 0.1) is 6.92 Å². The first-order chi connectivity index (χ1) is 13.8. The zero-order valence-corrected chi connectivity index (χ0v) is 18.1. The molecule has 29 heavy (non-hydrogen) atoms. The minimum atomic E-state index is -0.559. The zero-order valence-electron chi connectivity index (χ0n) is 18.1. The van der Waals surface area contributed by atoms with Gasteiger partial charge in [-0.1, -0.05) is 48.9 Å². The molecule has 5 heteroatoms. The Balaban J connectivity index is 2.20. The molecule has 0 aliphatic carbocycles. The fourth-order valence-electron chi connectivity index (χ4n) is 2.96. The molecule has 0 radical (unpaired) electrons. The quantitative estimate of drug-likeness (QED) is 0.700. The Morgan fingerprint density at radius 2 is 1.59 bits per heavy atom. The third-order valence-electron chi connectivity index (χ3n) is 5.16. The van der Waals surface area contributed by atoms with Crippen LogP contribution in [0.3, 0.4) is 0 Å². The normalized spacial score (nSPS) is 12.7. The first-order valence-corrected chi connectivity index (χ1v) is 10.1. The summed E-state index contributed by atoms with van der Waals surface area (Å²) < 4.78 is 5.18. The van der Waals surface area contributed by atoms with Crippen LogP contribution in [0.2, 0.25) is 0 Å². The molecule has 2 atom stereocenters. The summed E-state index contributed by atoms with van der Waals surface area (Å²) in [5.41, 5.74) is 3.05. The Hall–Kier alpha value is -2.82. The van der Waals surface area contributed by atoms with Gasteiger partial charge in [0.05, 0.1) is 13.5 Å². The minimum Gasteiger partial charge on any atom is -0.497 e. The smallest absolute Gasteiger partial charge is 0.242 e. The SMILES string of the molecule is CC[C@H](C)NC(=O)[C@@H](C)N(Cc1ccc(C)cc1)C(=O)Cc1ccc(OC)cc1. The lowest BCUT2D eigenvalue weighted by atomic mass is 10.1. The Labute approximate surface area is 174 Å². The van der Waals surface area contributed by atoms with E-state index in [9.17, 15) is 9.59 Å². The van der Waals surface area contributed by atoms with Crippen molar-refractivity contribution in [3.63, 3.8) is 0 Å². The number of carbonyl (C=O) groups is 2. The summed E-state index contributed by atoms with van der Waals surface area (Å²) >= 11 is 0. The van der Waals surface area contributed by atoms with E-state index in [-0.39, 0.29) is 24.3 Å². The maximum Gasteiger partial charge on any atom is 0.242 e. The first-order valence-electron chi connectivity index (χ1n) is 10.1. The number of methoxy groups -OCH3 is 1. The van der Waals surface area contributed by atoms with Crippen LogP contribution in [0.5, 0.6) is 5.75 Å². The molecule has 2 aromatic carbocycles. The van der Waals surface area contributed by atoms with Gasteiger partial charge in [-0.2, -0.15) is 0 Å². The van der Waals surface area contributed by atoms with E-state index in [1.807, 2.05) is 69.3 Å². The highest BCUT2D eigenvalue weighted by molar-refractivity contribution is 5.88. The van der Waals surface area contributed by atoms with Crippen LogP contribution in [0.25, 0.3) is 0 Å². The van der Waals surface area contributed by atoms with Crippen molar-refractivity contribution in [2.75, 3.05) is 7.11 Å². The van der Waals surface area contributed by atoms with Crippen LogP contribution >= 0.6 is 0 Å². The molecule has 0 aliphatic rings. The highest BCUT2D eigenvalue weighted by Crippen LogP contribution is 2.16. The molecule has 0 unspecified atom stereocenters. The second-order valence-electron chi connectivity index (χ2n) is 7.53. The molecule has 0 saturated heterocycles. The molecular formula is C24H32N2O3. The molecule has 156 valence electrons. The van der Waals surface area contributed by atoms with Crippen LogP contribution in [0.1, 0.15) is 43.9 Å². The molecule has 2 rings (SSSR count). The van der Waals surface area contributed by atoms with Gasteiger partial charge in [-0.15, -0.1) is 0 Å². The van der Waals surface area contributed by atoms with E-state index in [1.165, 1.54) is 0 Å². The molecule has 0 heterocycles. The fraction of sp³-hybridized carbons (Fsp3) is 0.417. The van der Waals surface area contributed by atoms with Crippen molar-refractivity contribution in [2.24, 2.45) is 0 Å². The summed E-state index contributed by atoms with van der Waals surface area (Å²) in [6.07, 6.45) is 1.08. The molecule has 0 aromatic heterocycles. The van der Waals surface area contributed by atoms with Crippen molar-refractivity contribution >= 4 is 11.8 Å². The summed E-state index contributed by atoms with van der Waals surface area (Å²) in [5, 5.41) is 2.99. The van der Waals surface area contributed by atoms with Gasteiger partial charge in [0.2, 0.25) is 11.8 Å². The molecule has 5 nitrogen and oxygen atoms in total. The third-order valence-corrected chi connectivity index (χ3v) is 5.16. The highest BCUT2D eigenvalue weighted by Gasteiger charge is 2.26. The van der Waals surface area contributed by atoms with Crippen LogP contribution in [-0.4, -0.2) is 35.9 Å². The molecule has 0 spiro atoms. The van der Waals surface area contributed by atoms with Crippen molar-refractivity contribution in [3.8, 4) is 5.75 Å². The fourth-order valence-corrected chi connectivity index (χ4v) is 2.96. The third kappa shape index (κ3) is 6.63. The van der Waals surface area contributed by atoms with Gasteiger partial charge in [-0.05, 0) is 50.5 Å². The summed E-state index contributed by atoms with van der Waals surface area (Å²) in [6, 6.07) is 15.0. The molecule has 0 bridgehead atoms. The van der Waals surface area contributed by atoms with E-state index < -0.39 is 6.04 Å². The van der Waals surface area contributed by atoms with Crippen LogP contribution in [0.4, 0.5) is 0 Å². The molecule has 1 N–H and O–H groups in total. The second-order valence-corrected chi connectivity index (χ2v) is 7.53.